The third-order valence-corrected chi connectivity index (χ3v) is 5.01. The van der Waals surface area contributed by atoms with Gasteiger partial charge < -0.3 is 14.7 Å². The summed E-state index contributed by atoms with van der Waals surface area (Å²) in [7, 11) is 2.26. The zero-order chi connectivity index (χ0) is 17.6. The van der Waals surface area contributed by atoms with E-state index in [9.17, 15) is 24.8 Å². The molecule has 1 fully saturated rings. The Bertz CT molecular complexity index is 648. The summed E-state index contributed by atoms with van der Waals surface area (Å²) in [5.74, 6) is -6.66. The first-order chi connectivity index (χ1) is 11.4. The van der Waals surface area contributed by atoms with Crippen LogP contribution in [0.15, 0.2) is 24.3 Å². The van der Waals surface area contributed by atoms with Crippen LogP contribution in [0.25, 0.3) is 0 Å². The van der Waals surface area contributed by atoms with Gasteiger partial charge in [0.1, 0.15) is 17.9 Å². The molecule has 0 spiro atoms. The van der Waals surface area contributed by atoms with Crippen molar-refractivity contribution in [3.63, 3.8) is 0 Å². The molecule has 1 unspecified atom stereocenters. The molecule has 2 N–H and O–H groups in total. The van der Waals surface area contributed by atoms with E-state index in [-0.39, 0.29) is 0 Å². The maximum atomic E-state index is 12.8. The molecule has 1 saturated carbocycles. The molecule has 8 heteroatoms. The van der Waals surface area contributed by atoms with Gasteiger partial charge in [0.15, 0.2) is 5.78 Å². The van der Waals surface area contributed by atoms with Crippen LogP contribution in [0.2, 0.25) is 0 Å². The monoisotopic (exact) mass is 335 g/mol. The Balaban J connectivity index is 2.24. The summed E-state index contributed by atoms with van der Waals surface area (Å²) in [6.45, 7) is 0. The molecule has 1 aromatic rings. The molecule has 8 nitrogen and oxygen atoms in total. The molecule has 0 aliphatic heterocycles. The Morgan fingerprint density at radius 3 is 1.79 bits per heavy atom. The van der Waals surface area contributed by atoms with Gasteiger partial charge in [-0.15, -0.1) is 0 Å². The number of hydroxylamine groups is 2. The molecule has 0 heterocycles. The van der Waals surface area contributed by atoms with Gasteiger partial charge in [-0.3, -0.25) is 14.4 Å². The van der Waals surface area contributed by atoms with E-state index in [4.69, 9.17) is 9.47 Å². The van der Waals surface area contributed by atoms with Crippen molar-refractivity contribution in [3.8, 4) is 0 Å². The van der Waals surface area contributed by atoms with Crippen LogP contribution in [0.1, 0.15) is 23.0 Å². The highest BCUT2D eigenvalue weighted by molar-refractivity contribution is 6.11. The maximum Gasteiger partial charge on any atom is 0.317 e. The summed E-state index contributed by atoms with van der Waals surface area (Å²) in [5, 5.41) is 20.4. The van der Waals surface area contributed by atoms with Crippen LogP contribution >= 0.6 is 0 Å². The first-order valence-corrected chi connectivity index (χ1v) is 7.45. The number of hydrogen-bond donors (Lipinski definition) is 2. The average Bonchev–Trinajstić information content (AvgIpc) is 2.85. The van der Waals surface area contributed by atoms with Crippen LogP contribution in [0.5, 0.6) is 0 Å². The minimum atomic E-state index is -1.33. The highest BCUT2D eigenvalue weighted by Crippen LogP contribution is 2.53. The van der Waals surface area contributed by atoms with Crippen molar-refractivity contribution in [1.82, 2.24) is 0 Å². The van der Waals surface area contributed by atoms with E-state index in [1.54, 1.807) is 24.3 Å². The van der Waals surface area contributed by atoms with Gasteiger partial charge in [-0.05, 0) is 11.1 Å². The lowest BCUT2D eigenvalue weighted by molar-refractivity contribution is -1.07. The second-order valence-electron chi connectivity index (χ2n) is 5.95. The van der Waals surface area contributed by atoms with E-state index in [0.29, 0.717) is 11.1 Å². The van der Waals surface area contributed by atoms with Crippen molar-refractivity contribution >= 4 is 17.7 Å². The fourth-order valence-corrected chi connectivity index (χ4v) is 4.14. The van der Waals surface area contributed by atoms with Gasteiger partial charge in [-0.2, -0.15) is 0 Å². The Kier molecular flexibility index (Phi) is 4.12. The zero-order valence-corrected chi connectivity index (χ0v) is 13.1. The highest BCUT2D eigenvalue weighted by Gasteiger charge is 2.64. The van der Waals surface area contributed by atoms with Crippen LogP contribution < -0.4 is 5.23 Å². The number of ketones is 1. The van der Waals surface area contributed by atoms with Crippen molar-refractivity contribution < 1.29 is 34.3 Å². The SMILES string of the molecule is COC(=O)[C@H]1C(=O)[C@H](C(=O)OC)[C@H]2c3ccccc3[C@H]1C2[NH+]([O-])O. The van der Waals surface area contributed by atoms with Gasteiger partial charge >= 0.3 is 11.9 Å². The number of fused-ring (bicyclic) bond motifs is 5. The smallest absolute Gasteiger partial charge is 0.317 e. The number of carbonyl (C=O) groups excluding carboxylic acids is 3. The Morgan fingerprint density at radius 1 is 1.04 bits per heavy atom. The molecule has 0 amide bonds. The topological polar surface area (TPSA) is 117 Å². The summed E-state index contributed by atoms with van der Waals surface area (Å²) < 4.78 is 9.42. The van der Waals surface area contributed by atoms with E-state index < -0.39 is 52.7 Å². The second kappa shape index (κ2) is 5.97. The molecule has 0 saturated heterocycles. The molecular formula is C16H17NO7. The Labute approximate surface area is 137 Å². The summed E-state index contributed by atoms with van der Waals surface area (Å²) in [6, 6.07) is 5.75. The quantitative estimate of drug-likeness (QED) is 0.420. The summed E-state index contributed by atoms with van der Waals surface area (Å²) in [5.41, 5.74) is 1.20. The summed E-state index contributed by atoms with van der Waals surface area (Å²) >= 11 is 0. The maximum absolute atomic E-state index is 12.8. The lowest BCUT2D eigenvalue weighted by Gasteiger charge is -2.39. The van der Waals surface area contributed by atoms with Crippen LogP contribution in [0, 0.1) is 17.0 Å². The molecule has 3 rings (SSSR count). The Hall–Kier alpha value is -2.29. The molecule has 0 aromatic heterocycles. The number of benzene rings is 1. The molecule has 5 atom stereocenters. The fraction of sp³-hybridized carbons (Fsp3) is 0.438. The molecular weight excluding hydrogens is 318 g/mol. The van der Waals surface area contributed by atoms with Crippen LogP contribution in [-0.4, -0.2) is 43.2 Å². The van der Waals surface area contributed by atoms with E-state index in [0.717, 1.165) is 14.2 Å². The number of hydrogen-bond acceptors (Lipinski definition) is 7. The van der Waals surface area contributed by atoms with Crippen molar-refractivity contribution in [1.29, 1.82) is 0 Å². The second-order valence-corrected chi connectivity index (χ2v) is 5.95. The summed E-state index contributed by atoms with van der Waals surface area (Å²) in [4.78, 5) is 37.3. The number of rotatable bonds is 3. The standard InChI is InChI=1S/C16H17NO7/c1-23-15(19)11-9-7-5-3-4-6-8(7)10(13(9)17(21)22)12(14(11)18)16(20)24-2/h3-6,9-13,17,21H,1-2H3/t9-,10-,11-,12-/m1/s1. The van der Waals surface area contributed by atoms with Gasteiger partial charge in [-0.1, -0.05) is 24.3 Å². The minimum Gasteiger partial charge on any atom is -0.600 e. The predicted octanol–water partition coefficient (Wildman–Crippen LogP) is -0.831. The number of methoxy groups -OCH3 is 2. The van der Waals surface area contributed by atoms with Gasteiger partial charge in [0.05, 0.1) is 26.1 Å². The number of esters is 2. The van der Waals surface area contributed by atoms with Gasteiger partial charge in [0, 0.05) is 0 Å². The van der Waals surface area contributed by atoms with E-state index in [2.05, 4.69) is 0 Å². The number of ether oxygens (including phenoxy) is 2. The fourth-order valence-electron chi connectivity index (χ4n) is 4.14. The molecule has 2 aliphatic rings. The lowest BCUT2D eigenvalue weighted by Crippen LogP contribution is -3.10. The number of Topliss-reactive ketones (excluding diaryl/α,β-unsaturated/α-hetero) is 1. The van der Waals surface area contributed by atoms with Crippen molar-refractivity contribution in [3.05, 3.63) is 40.6 Å². The zero-order valence-electron chi connectivity index (χ0n) is 13.1. The van der Waals surface area contributed by atoms with E-state index >= 15 is 0 Å². The van der Waals surface area contributed by atoms with Crippen molar-refractivity contribution in [2.75, 3.05) is 14.2 Å². The molecule has 2 bridgehead atoms. The normalized spacial score (nSPS) is 32.0. The van der Waals surface area contributed by atoms with E-state index in [1.165, 1.54) is 0 Å². The number of carbonyl (C=O) groups is 3. The van der Waals surface area contributed by atoms with Crippen LogP contribution in [0.3, 0.4) is 0 Å². The Morgan fingerprint density at radius 2 is 1.46 bits per heavy atom. The minimum absolute atomic E-state index is 0.602. The highest BCUT2D eigenvalue weighted by atomic mass is 16.8. The van der Waals surface area contributed by atoms with E-state index in [1.807, 2.05) is 0 Å². The van der Waals surface area contributed by atoms with Gasteiger partial charge in [-0.25, -0.2) is 10.4 Å². The first kappa shape index (κ1) is 16.6. The third kappa shape index (κ3) is 2.15. The van der Waals surface area contributed by atoms with Crippen molar-refractivity contribution in [2.24, 2.45) is 11.8 Å². The molecule has 24 heavy (non-hydrogen) atoms. The first-order valence-electron chi connectivity index (χ1n) is 7.45. The van der Waals surface area contributed by atoms with Crippen LogP contribution in [-0.2, 0) is 23.9 Å². The predicted molar refractivity (Wildman–Crippen MR) is 77.8 cm³/mol. The third-order valence-electron chi connectivity index (χ3n) is 5.01. The van der Waals surface area contributed by atoms with Gasteiger partial charge in [0.25, 0.3) is 0 Å². The lowest BCUT2D eigenvalue weighted by atomic mass is 9.67. The molecule has 2 aliphatic carbocycles. The van der Waals surface area contributed by atoms with Crippen LogP contribution in [0.4, 0.5) is 0 Å². The number of nitrogens with one attached hydrogen (secondary N) is 1. The average molecular weight is 335 g/mol. The molecule has 0 radical (unpaired) electrons. The number of quaternary nitrogens is 1. The van der Waals surface area contributed by atoms with Crippen molar-refractivity contribution in [2.45, 2.75) is 17.9 Å². The molecule has 128 valence electrons. The largest absolute Gasteiger partial charge is 0.600 e. The van der Waals surface area contributed by atoms with Gasteiger partial charge in [0.2, 0.25) is 0 Å². The molecule has 1 aromatic carbocycles. The summed E-state index contributed by atoms with van der Waals surface area (Å²) in [6.07, 6.45) is 0.